The molecular weight excluding hydrogens is 346 g/mol. The number of nitrogens with zero attached hydrogens (tertiary/aromatic N) is 2. The Balaban J connectivity index is 1.47. The number of carboxylic acids is 1. The molecule has 142 valence electrons. The minimum atomic E-state index is -1.06. The Morgan fingerprint density at radius 2 is 1.89 bits per heavy atom. The van der Waals surface area contributed by atoms with E-state index in [0.29, 0.717) is 0 Å². The Morgan fingerprint density at radius 1 is 1.19 bits per heavy atom. The van der Waals surface area contributed by atoms with Crippen LogP contribution in [0.4, 0.5) is 0 Å². The molecule has 3 rings (SSSR count). The topological polar surface area (TPSA) is 91.8 Å². The van der Waals surface area contributed by atoms with Crippen LogP contribution in [0.5, 0.6) is 5.75 Å². The third kappa shape index (κ3) is 5.04. The second kappa shape index (κ2) is 8.64. The van der Waals surface area contributed by atoms with E-state index in [1.807, 2.05) is 12.1 Å². The van der Waals surface area contributed by atoms with Gasteiger partial charge >= 0.3 is 5.97 Å². The van der Waals surface area contributed by atoms with E-state index >= 15 is 0 Å². The van der Waals surface area contributed by atoms with Crippen molar-refractivity contribution in [1.82, 2.24) is 15.2 Å². The first kappa shape index (κ1) is 18.8. The van der Waals surface area contributed by atoms with E-state index in [4.69, 9.17) is 9.84 Å². The van der Waals surface area contributed by atoms with Gasteiger partial charge in [0.2, 0.25) is 0 Å². The summed E-state index contributed by atoms with van der Waals surface area (Å²) in [6.07, 6.45) is 2.94. The van der Waals surface area contributed by atoms with Gasteiger partial charge in [0.25, 0.3) is 5.91 Å². The Morgan fingerprint density at radius 3 is 2.44 bits per heavy atom. The first-order valence-corrected chi connectivity index (χ1v) is 8.90. The molecule has 2 heterocycles. The van der Waals surface area contributed by atoms with Crippen molar-refractivity contribution in [2.24, 2.45) is 0 Å². The van der Waals surface area contributed by atoms with Crippen molar-refractivity contribution in [3.63, 3.8) is 0 Å². The lowest BCUT2D eigenvalue weighted by atomic mass is 10.0. The Bertz CT molecular complexity index is 782. The molecule has 1 aliphatic heterocycles. The smallest absolute Gasteiger partial charge is 0.337 e. The van der Waals surface area contributed by atoms with Crippen LogP contribution in [0.3, 0.4) is 0 Å². The van der Waals surface area contributed by atoms with E-state index in [2.05, 4.69) is 27.3 Å². The third-order valence-electron chi connectivity index (χ3n) is 4.73. The number of aromatic carboxylic acids is 1. The zero-order chi connectivity index (χ0) is 19.2. The minimum absolute atomic E-state index is 0.0680. The summed E-state index contributed by atoms with van der Waals surface area (Å²) < 4.78 is 5.18. The summed E-state index contributed by atoms with van der Waals surface area (Å²) in [5.74, 6) is -0.468. The number of amides is 1. The fourth-order valence-corrected chi connectivity index (χ4v) is 3.14. The van der Waals surface area contributed by atoms with Crippen molar-refractivity contribution in [1.29, 1.82) is 0 Å². The molecule has 0 bridgehead atoms. The van der Waals surface area contributed by atoms with Crippen LogP contribution >= 0.6 is 0 Å². The van der Waals surface area contributed by atoms with Crippen molar-refractivity contribution < 1.29 is 19.4 Å². The number of aromatic nitrogens is 1. The largest absolute Gasteiger partial charge is 0.497 e. The number of carbonyl (C=O) groups is 2. The number of hydrogen-bond acceptors (Lipinski definition) is 5. The fourth-order valence-electron chi connectivity index (χ4n) is 3.14. The number of carboxylic acid groups (broad SMARTS) is 1. The lowest BCUT2D eigenvalue weighted by Crippen LogP contribution is -2.44. The Labute approximate surface area is 158 Å². The molecule has 1 aliphatic rings. The normalized spacial score (nSPS) is 15.3. The van der Waals surface area contributed by atoms with Crippen molar-refractivity contribution in [2.75, 3.05) is 20.2 Å². The second-order valence-corrected chi connectivity index (χ2v) is 6.61. The average molecular weight is 369 g/mol. The summed E-state index contributed by atoms with van der Waals surface area (Å²) in [5.41, 5.74) is 1.54. The van der Waals surface area contributed by atoms with Crippen molar-refractivity contribution >= 4 is 11.9 Å². The average Bonchev–Trinajstić information content (AvgIpc) is 2.70. The number of methoxy groups -OCH3 is 1. The lowest BCUT2D eigenvalue weighted by Gasteiger charge is -2.32. The molecule has 2 N–H and O–H groups in total. The van der Waals surface area contributed by atoms with E-state index in [-0.39, 0.29) is 23.2 Å². The number of pyridine rings is 1. The first-order chi connectivity index (χ1) is 13.0. The second-order valence-electron chi connectivity index (χ2n) is 6.61. The zero-order valence-electron chi connectivity index (χ0n) is 15.2. The van der Waals surface area contributed by atoms with Gasteiger partial charge in [-0.05, 0) is 42.7 Å². The summed E-state index contributed by atoms with van der Waals surface area (Å²) in [6.45, 7) is 2.69. The summed E-state index contributed by atoms with van der Waals surface area (Å²) >= 11 is 0. The molecule has 7 heteroatoms. The number of hydrogen-bond donors (Lipinski definition) is 2. The summed E-state index contributed by atoms with van der Waals surface area (Å²) in [7, 11) is 1.66. The van der Waals surface area contributed by atoms with Crippen molar-refractivity contribution in [3.8, 4) is 5.75 Å². The fraction of sp³-hybridized carbons (Fsp3) is 0.350. The quantitative estimate of drug-likeness (QED) is 0.811. The van der Waals surface area contributed by atoms with Gasteiger partial charge in [0, 0.05) is 31.9 Å². The number of nitrogens with one attached hydrogen (secondary N) is 1. The van der Waals surface area contributed by atoms with E-state index in [0.717, 1.165) is 38.2 Å². The van der Waals surface area contributed by atoms with Gasteiger partial charge in [-0.2, -0.15) is 0 Å². The van der Waals surface area contributed by atoms with Gasteiger partial charge in [-0.3, -0.25) is 14.7 Å². The maximum Gasteiger partial charge on any atom is 0.337 e. The van der Waals surface area contributed by atoms with Gasteiger partial charge in [0.15, 0.2) is 0 Å². The third-order valence-corrected chi connectivity index (χ3v) is 4.73. The Hall–Kier alpha value is -2.93. The van der Waals surface area contributed by atoms with Crippen LogP contribution < -0.4 is 10.1 Å². The highest BCUT2D eigenvalue weighted by atomic mass is 16.5. The SMILES string of the molecule is COc1ccc(CN2CCC(NC(=O)c3ccc(C(=O)O)cn3)CC2)cc1. The first-order valence-electron chi connectivity index (χ1n) is 8.90. The van der Waals surface area contributed by atoms with Crippen LogP contribution in [-0.4, -0.2) is 53.1 Å². The van der Waals surface area contributed by atoms with Crippen LogP contribution in [0.2, 0.25) is 0 Å². The van der Waals surface area contributed by atoms with E-state index < -0.39 is 5.97 Å². The summed E-state index contributed by atoms with van der Waals surface area (Å²) in [4.78, 5) is 29.4. The molecule has 1 saturated heterocycles. The monoisotopic (exact) mass is 369 g/mol. The minimum Gasteiger partial charge on any atom is -0.497 e. The Kier molecular flexibility index (Phi) is 6.03. The molecule has 27 heavy (non-hydrogen) atoms. The highest BCUT2D eigenvalue weighted by Crippen LogP contribution is 2.17. The summed E-state index contributed by atoms with van der Waals surface area (Å²) in [5, 5.41) is 11.9. The number of ether oxygens (including phenoxy) is 1. The van der Waals surface area contributed by atoms with Crippen molar-refractivity contribution in [2.45, 2.75) is 25.4 Å². The molecule has 1 fully saturated rings. The highest BCUT2D eigenvalue weighted by molar-refractivity contribution is 5.93. The standard InChI is InChI=1S/C20H23N3O4/c1-27-17-5-2-14(3-6-17)13-23-10-8-16(9-11-23)22-19(24)18-7-4-15(12-21-18)20(25)26/h2-7,12,16H,8-11,13H2,1H3,(H,22,24)(H,25,26). The van der Waals surface area contributed by atoms with Gasteiger partial charge in [-0.25, -0.2) is 4.79 Å². The predicted molar refractivity (Wildman–Crippen MR) is 100.0 cm³/mol. The maximum absolute atomic E-state index is 12.3. The van der Waals surface area contributed by atoms with Gasteiger partial charge in [-0.15, -0.1) is 0 Å². The molecular formula is C20H23N3O4. The number of piperidine rings is 1. The van der Waals surface area contributed by atoms with E-state index in [9.17, 15) is 9.59 Å². The molecule has 2 aromatic rings. The molecule has 1 aromatic heterocycles. The number of rotatable bonds is 6. The van der Waals surface area contributed by atoms with Crippen LogP contribution in [0.1, 0.15) is 39.3 Å². The lowest BCUT2D eigenvalue weighted by molar-refractivity contribution is 0.0695. The molecule has 0 atom stereocenters. The predicted octanol–water partition coefficient (Wildman–Crippen LogP) is 2.18. The van der Waals surface area contributed by atoms with Crippen LogP contribution in [0, 0.1) is 0 Å². The maximum atomic E-state index is 12.3. The van der Waals surface area contributed by atoms with Crippen LogP contribution in [0.15, 0.2) is 42.6 Å². The molecule has 7 nitrogen and oxygen atoms in total. The van der Waals surface area contributed by atoms with E-state index in [1.54, 1.807) is 7.11 Å². The molecule has 0 aliphatic carbocycles. The molecule has 1 aromatic carbocycles. The number of likely N-dealkylation sites (tertiary alicyclic amines) is 1. The highest BCUT2D eigenvalue weighted by Gasteiger charge is 2.21. The van der Waals surface area contributed by atoms with Gasteiger partial charge in [0.1, 0.15) is 11.4 Å². The molecule has 0 unspecified atom stereocenters. The molecule has 1 amide bonds. The molecule has 0 spiro atoms. The van der Waals surface area contributed by atoms with E-state index in [1.165, 1.54) is 23.9 Å². The zero-order valence-corrected chi connectivity index (χ0v) is 15.2. The van der Waals surface area contributed by atoms with Gasteiger partial charge < -0.3 is 15.2 Å². The molecule has 0 saturated carbocycles. The number of carbonyl (C=O) groups excluding carboxylic acids is 1. The molecule has 0 radical (unpaired) electrons. The number of benzene rings is 1. The van der Waals surface area contributed by atoms with Gasteiger partial charge in [-0.1, -0.05) is 12.1 Å². The van der Waals surface area contributed by atoms with Crippen LogP contribution in [-0.2, 0) is 6.54 Å². The van der Waals surface area contributed by atoms with Crippen LogP contribution in [0.25, 0.3) is 0 Å². The van der Waals surface area contributed by atoms with Crippen molar-refractivity contribution in [3.05, 3.63) is 59.4 Å². The van der Waals surface area contributed by atoms with Gasteiger partial charge in [0.05, 0.1) is 12.7 Å². The summed E-state index contributed by atoms with van der Waals surface area (Å²) in [6, 6.07) is 11.0.